The second-order valence-electron chi connectivity index (χ2n) is 17.8. The van der Waals surface area contributed by atoms with Crippen molar-refractivity contribution in [1.82, 2.24) is 5.32 Å². The van der Waals surface area contributed by atoms with Crippen LogP contribution in [-0.2, 0) is 17.8 Å². The van der Waals surface area contributed by atoms with Crippen LogP contribution in [0.1, 0.15) is 137 Å². The molecule has 0 aliphatic heterocycles. The van der Waals surface area contributed by atoms with Crippen molar-refractivity contribution in [3.63, 3.8) is 0 Å². The highest BCUT2D eigenvalue weighted by molar-refractivity contribution is 5.95. The third-order valence-electron chi connectivity index (χ3n) is 15.3. The van der Waals surface area contributed by atoms with Crippen LogP contribution < -0.4 is 11.1 Å². The van der Waals surface area contributed by atoms with Gasteiger partial charge in [0.1, 0.15) is 5.82 Å². The summed E-state index contributed by atoms with van der Waals surface area (Å²) in [7, 11) is 0. The normalized spacial score (nSPS) is 36.7. The fraction of sp³-hybridized carbons (Fsp3) is 0.651. The highest BCUT2D eigenvalue weighted by atomic mass is 19.1. The molecule has 7 heteroatoms. The molecule has 9 atom stereocenters. The van der Waals surface area contributed by atoms with Crippen molar-refractivity contribution in [3.05, 3.63) is 70.5 Å². The first kappa shape index (κ1) is 36.7. The molecule has 50 heavy (non-hydrogen) atoms. The van der Waals surface area contributed by atoms with E-state index in [0.717, 1.165) is 36.5 Å². The number of primary amides is 1. The Morgan fingerprint density at radius 1 is 0.860 bits per heavy atom. The Bertz CT molecular complexity index is 1610. The molecule has 0 heterocycles. The molecule has 5 aliphatic rings. The summed E-state index contributed by atoms with van der Waals surface area (Å²) in [6.45, 7) is 11.6. The quantitative estimate of drug-likeness (QED) is 0.209. The lowest BCUT2D eigenvalue weighted by atomic mass is 9.37. The van der Waals surface area contributed by atoms with E-state index in [1.165, 1.54) is 88.8 Å². The maximum Gasteiger partial charge on any atom is 0.251 e. The Morgan fingerprint density at radius 3 is 2.26 bits per heavy atom. The molecule has 0 radical (unpaired) electrons. The maximum absolute atomic E-state index is 14.0. The third kappa shape index (κ3) is 6.24. The average Bonchev–Trinajstić information content (AvgIpc) is 3.50. The topological polar surface area (TPSA) is 109 Å². The molecule has 0 saturated heterocycles. The minimum atomic E-state index is -0.531. The lowest BCUT2D eigenvalue weighted by molar-refractivity contribution is -0.205. The van der Waals surface area contributed by atoms with E-state index < -0.39 is 5.82 Å². The number of amides is 2. The number of carbonyl (C=O) groups excluding carboxylic acids is 3. The predicted molar refractivity (Wildman–Crippen MR) is 195 cm³/mol. The fourth-order valence-electron chi connectivity index (χ4n) is 12.9. The highest BCUT2D eigenvalue weighted by Crippen LogP contribution is 2.72. The maximum atomic E-state index is 14.0. The van der Waals surface area contributed by atoms with E-state index in [-0.39, 0.29) is 41.7 Å². The molecule has 5 saturated carbocycles. The summed E-state index contributed by atoms with van der Waals surface area (Å²) in [6.07, 6.45) is 15.2. The third-order valence-corrected chi connectivity index (χ3v) is 15.3. The number of hydrogen-bond acceptors (Lipinski definition) is 4. The molecule has 9 unspecified atom stereocenters. The average molecular weight is 687 g/mol. The number of aliphatic hydroxyl groups is 1. The Hall–Kier alpha value is -3.06. The minimum absolute atomic E-state index is 0.00825. The number of benzene rings is 2. The standard InChI is InChI=1S/C42H56FNO3.CH3NO/c1-26(45)30-23-28(11-15-35(30)43)25-44-38(47)29-9-6-8-27(22-29)24-42-18-7-10-34(42)33-13-12-32-31(40(33,4)20-21-42)14-16-36-39(2,3)37(46)17-19-41(32,36)5;2-1-3/h6,8-9,11,15,22-23,31-34,36-37,46H,7,10,12-14,16-21,24-25H2,1-5H3,(H,44,47);1H,(H2,2,3). The Morgan fingerprint density at radius 2 is 1.54 bits per heavy atom. The summed E-state index contributed by atoms with van der Waals surface area (Å²) in [4.78, 5) is 33.6. The number of nitrogens with one attached hydrogen (secondary N) is 1. The molecule has 272 valence electrons. The molecule has 0 aromatic heterocycles. The molecular formula is C43H59FN2O4. The Kier molecular flexibility index (Phi) is 10.1. The molecule has 5 fully saturated rings. The van der Waals surface area contributed by atoms with Crippen LogP contribution in [0.15, 0.2) is 42.5 Å². The molecular weight excluding hydrogens is 627 g/mol. The van der Waals surface area contributed by atoms with E-state index in [2.05, 4.69) is 50.9 Å². The van der Waals surface area contributed by atoms with E-state index in [0.29, 0.717) is 33.3 Å². The van der Waals surface area contributed by atoms with Gasteiger partial charge < -0.3 is 16.2 Å². The van der Waals surface area contributed by atoms with E-state index in [4.69, 9.17) is 4.79 Å². The van der Waals surface area contributed by atoms with Gasteiger partial charge >= 0.3 is 0 Å². The van der Waals surface area contributed by atoms with Gasteiger partial charge in [0.05, 0.1) is 11.7 Å². The summed E-state index contributed by atoms with van der Waals surface area (Å²) in [6, 6.07) is 12.7. The Balaban J connectivity index is 0.00000139. The number of hydrogen-bond donors (Lipinski definition) is 3. The minimum Gasteiger partial charge on any atom is -0.393 e. The number of carbonyl (C=O) groups is 3. The van der Waals surface area contributed by atoms with Crippen molar-refractivity contribution in [2.45, 2.75) is 124 Å². The van der Waals surface area contributed by atoms with Crippen molar-refractivity contribution in [2.24, 2.45) is 57.0 Å². The first-order chi connectivity index (χ1) is 23.7. The zero-order chi connectivity index (χ0) is 36.1. The lowest BCUT2D eigenvalue weighted by Gasteiger charge is -2.68. The number of rotatable bonds is 6. The zero-order valence-corrected chi connectivity index (χ0v) is 30.9. The van der Waals surface area contributed by atoms with Gasteiger partial charge in [0.25, 0.3) is 5.91 Å². The number of halogens is 1. The van der Waals surface area contributed by atoms with Gasteiger partial charge in [-0.05, 0) is 164 Å². The van der Waals surface area contributed by atoms with Crippen LogP contribution in [0, 0.1) is 57.1 Å². The zero-order valence-electron chi connectivity index (χ0n) is 30.9. The van der Waals surface area contributed by atoms with Crippen molar-refractivity contribution in [3.8, 4) is 0 Å². The monoisotopic (exact) mass is 686 g/mol. The molecule has 0 bridgehead atoms. The van der Waals surface area contributed by atoms with E-state index >= 15 is 0 Å². The van der Waals surface area contributed by atoms with Gasteiger partial charge in [-0.2, -0.15) is 0 Å². The second-order valence-corrected chi connectivity index (χ2v) is 17.8. The number of fused-ring (bicyclic) bond motifs is 7. The number of Topliss-reactive ketones (excluding diaryl/α,β-unsaturated/α-hetero) is 1. The van der Waals surface area contributed by atoms with Gasteiger partial charge in [-0.15, -0.1) is 0 Å². The van der Waals surface area contributed by atoms with Gasteiger partial charge in [0, 0.05) is 12.1 Å². The first-order valence-corrected chi connectivity index (χ1v) is 19.2. The largest absolute Gasteiger partial charge is 0.393 e. The Labute approximate surface area is 298 Å². The summed E-state index contributed by atoms with van der Waals surface area (Å²) < 4.78 is 14.0. The summed E-state index contributed by atoms with van der Waals surface area (Å²) in [5.74, 6) is 2.74. The predicted octanol–water partition coefficient (Wildman–Crippen LogP) is 8.43. The van der Waals surface area contributed by atoms with Crippen molar-refractivity contribution in [1.29, 1.82) is 0 Å². The van der Waals surface area contributed by atoms with Gasteiger partial charge in [-0.3, -0.25) is 14.4 Å². The fourth-order valence-corrected chi connectivity index (χ4v) is 12.9. The first-order valence-electron chi connectivity index (χ1n) is 19.2. The van der Waals surface area contributed by atoms with Crippen LogP contribution in [0.25, 0.3) is 0 Å². The highest BCUT2D eigenvalue weighted by Gasteiger charge is 2.65. The smallest absolute Gasteiger partial charge is 0.251 e. The molecule has 6 nitrogen and oxygen atoms in total. The lowest BCUT2D eigenvalue weighted by Crippen LogP contribution is -2.62. The molecule has 2 amide bonds. The molecule has 4 N–H and O–H groups in total. The molecule has 2 aromatic rings. The number of nitrogens with two attached hydrogens (primary N) is 1. The summed E-state index contributed by atoms with van der Waals surface area (Å²) in [5.41, 5.74) is 7.93. The molecule has 0 spiro atoms. The van der Waals surface area contributed by atoms with E-state index in [1.807, 2.05) is 12.1 Å². The van der Waals surface area contributed by atoms with Crippen molar-refractivity contribution >= 4 is 18.1 Å². The van der Waals surface area contributed by atoms with Gasteiger partial charge in [-0.1, -0.05) is 52.3 Å². The van der Waals surface area contributed by atoms with Crippen molar-refractivity contribution in [2.75, 3.05) is 0 Å². The van der Waals surface area contributed by atoms with Gasteiger partial charge in [0.15, 0.2) is 5.78 Å². The van der Waals surface area contributed by atoms with Gasteiger partial charge in [0.2, 0.25) is 6.41 Å². The van der Waals surface area contributed by atoms with Crippen LogP contribution in [0.5, 0.6) is 0 Å². The molecule has 5 aliphatic carbocycles. The van der Waals surface area contributed by atoms with Crippen molar-refractivity contribution < 1.29 is 23.9 Å². The van der Waals surface area contributed by atoms with Crippen LogP contribution in [0.4, 0.5) is 4.39 Å². The summed E-state index contributed by atoms with van der Waals surface area (Å²) in [5, 5.41) is 14.0. The molecule has 2 aromatic carbocycles. The van der Waals surface area contributed by atoms with Crippen LogP contribution in [0.3, 0.4) is 0 Å². The molecule has 7 rings (SSSR count). The van der Waals surface area contributed by atoms with Crippen LogP contribution in [-0.4, -0.2) is 29.3 Å². The summed E-state index contributed by atoms with van der Waals surface area (Å²) >= 11 is 0. The number of ketones is 1. The SMILES string of the molecule is CC(=O)c1cc(CNC(=O)c2cccc(CC34CCCC3C3CCC5C(CCC6C(C)(C)C(O)CCC56C)C3(C)CC4)c2)ccc1F.NC=O. The van der Waals surface area contributed by atoms with E-state index in [1.54, 1.807) is 6.07 Å². The van der Waals surface area contributed by atoms with E-state index in [9.17, 15) is 19.1 Å². The number of aliphatic hydroxyl groups excluding tert-OH is 1. The second kappa shape index (κ2) is 13.8. The van der Waals surface area contributed by atoms with Crippen LogP contribution >= 0.6 is 0 Å². The van der Waals surface area contributed by atoms with Crippen LogP contribution in [0.2, 0.25) is 0 Å². The van der Waals surface area contributed by atoms with Gasteiger partial charge in [-0.25, -0.2) is 4.39 Å².